The minimum absolute atomic E-state index is 0.526. The molecule has 0 saturated carbocycles. The Labute approximate surface area is 194 Å². The van der Waals surface area contributed by atoms with E-state index in [1.165, 1.54) is 0 Å². The number of anilines is 1. The van der Waals surface area contributed by atoms with E-state index in [1.54, 1.807) is 6.20 Å². The van der Waals surface area contributed by atoms with Gasteiger partial charge in [0, 0.05) is 41.6 Å². The summed E-state index contributed by atoms with van der Waals surface area (Å²) in [4.78, 5) is 17.2. The number of imidazole rings is 1. The molecule has 2 aromatic carbocycles. The number of nitrogens with one attached hydrogen (secondary N) is 3. The molecule has 6 aromatic rings. The van der Waals surface area contributed by atoms with E-state index in [0.717, 1.165) is 55.8 Å². The average molecular weight is 445 g/mol. The lowest BCUT2D eigenvalue weighted by molar-refractivity contribution is 0.333. The molecule has 34 heavy (non-hydrogen) atoms. The Morgan fingerprint density at radius 1 is 0.912 bits per heavy atom. The number of benzene rings is 2. The van der Waals surface area contributed by atoms with Gasteiger partial charge in [-0.25, -0.2) is 9.97 Å². The van der Waals surface area contributed by atoms with Crippen molar-refractivity contribution in [2.24, 2.45) is 0 Å². The summed E-state index contributed by atoms with van der Waals surface area (Å²) in [5.74, 6) is 1.47. The summed E-state index contributed by atoms with van der Waals surface area (Å²) < 4.78 is 6.02. The predicted molar refractivity (Wildman–Crippen MR) is 132 cm³/mol. The zero-order valence-corrected chi connectivity index (χ0v) is 18.0. The fourth-order valence-electron chi connectivity index (χ4n) is 4.45. The van der Waals surface area contributed by atoms with Crippen LogP contribution in [0.3, 0.4) is 0 Å². The van der Waals surface area contributed by atoms with Crippen LogP contribution in [0.1, 0.15) is 0 Å². The van der Waals surface area contributed by atoms with E-state index >= 15 is 0 Å². The second-order valence-electron chi connectivity index (χ2n) is 8.24. The third-order valence-electron chi connectivity index (χ3n) is 6.10. The molecule has 0 spiro atoms. The molecule has 1 aliphatic heterocycles. The Kier molecular flexibility index (Phi) is 4.10. The normalized spacial score (nSPS) is 12.9. The number of fused-ring (bicyclic) bond motifs is 9. The molecule has 8 heteroatoms. The van der Waals surface area contributed by atoms with Crippen molar-refractivity contribution in [1.82, 2.24) is 30.1 Å². The first-order valence-electron chi connectivity index (χ1n) is 11.1. The molecule has 7 rings (SSSR count). The van der Waals surface area contributed by atoms with Gasteiger partial charge >= 0.3 is 0 Å². The smallest absolute Gasteiger partial charge is 0.178 e. The molecule has 8 nitrogen and oxygen atoms in total. The highest BCUT2D eigenvalue weighted by Gasteiger charge is 2.17. The SMILES string of the molecule is c1cc2cc(c1)-c1ccnc3nc([nH]c13)-c1n[nH]c3ccc(cc13)-c1cncc(c1)NCCO2. The van der Waals surface area contributed by atoms with Gasteiger partial charge in [-0.15, -0.1) is 0 Å². The Morgan fingerprint density at radius 2 is 1.91 bits per heavy atom. The van der Waals surface area contributed by atoms with Gasteiger partial charge in [-0.1, -0.05) is 18.2 Å². The summed E-state index contributed by atoms with van der Waals surface area (Å²) in [6, 6.07) is 18.4. The Balaban J connectivity index is 1.47. The first-order chi connectivity index (χ1) is 16.8. The number of hydrogen-bond acceptors (Lipinski definition) is 6. The van der Waals surface area contributed by atoms with Gasteiger partial charge in [0.25, 0.3) is 0 Å². The summed E-state index contributed by atoms with van der Waals surface area (Å²) in [6.45, 7) is 1.18. The third kappa shape index (κ3) is 3.07. The molecular formula is C26H19N7O. The Morgan fingerprint density at radius 3 is 2.91 bits per heavy atom. The lowest BCUT2D eigenvalue weighted by Crippen LogP contribution is -2.11. The molecule has 4 aromatic heterocycles. The quantitative estimate of drug-likeness (QED) is 0.303. The van der Waals surface area contributed by atoms with Crippen LogP contribution in [0.5, 0.6) is 5.75 Å². The van der Waals surface area contributed by atoms with Crippen LogP contribution in [0.25, 0.3) is 55.8 Å². The monoisotopic (exact) mass is 445 g/mol. The van der Waals surface area contributed by atoms with E-state index in [-0.39, 0.29) is 0 Å². The van der Waals surface area contributed by atoms with Crippen LogP contribution in [-0.4, -0.2) is 43.3 Å². The molecule has 0 fully saturated rings. The molecular weight excluding hydrogens is 426 g/mol. The molecule has 5 heterocycles. The standard InChI is InChI=1S/C26H19N7O/c1-2-16-11-19(3-1)34-9-8-28-18-10-17(13-27-14-18)15-4-5-22-21(12-15)24(33-32-22)26-30-23-20(16)6-7-29-25(23)31-26/h1-7,10-14,28H,8-9H2,(H,32,33)(H,29,30,31). The molecule has 0 atom stereocenters. The number of nitrogens with zero attached hydrogens (tertiary/aromatic N) is 4. The molecule has 3 N–H and O–H groups in total. The van der Waals surface area contributed by atoms with Gasteiger partial charge in [0.1, 0.15) is 18.1 Å². The fourth-order valence-corrected chi connectivity index (χ4v) is 4.45. The highest BCUT2D eigenvalue weighted by Crippen LogP contribution is 2.33. The van der Waals surface area contributed by atoms with Crippen molar-refractivity contribution in [3.05, 3.63) is 73.2 Å². The number of pyridine rings is 2. The first kappa shape index (κ1) is 18.8. The first-order valence-corrected chi connectivity index (χ1v) is 11.1. The number of hydrogen-bond donors (Lipinski definition) is 3. The van der Waals surface area contributed by atoms with E-state index in [1.807, 2.05) is 42.7 Å². The minimum atomic E-state index is 0.526. The molecule has 0 aliphatic carbocycles. The number of rotatable bonds is 0. The van der Waals surface area contributed by atoms with Gasteiger partial charge in [-0.3, -0.25) is 10.1 Å². The van der Waals surface area contributed by atoms with Gasteiger partial charge in [-0.05, 0) is 47.5 Å². The fraction of sp³-hybridized carbons (Fsp3) is 0.0769. The number of aromatic amines is 2. The van der Waals surface area contributed by atoms with E-state index < -0.39 is 0 Å². The van der Waals surface area contributed by atoms with E-state index in [9.17, 15) is 0 Å². The highest BCUT2D eigenvalue weighted by molar-refractivity contribution is 5.97. The van der Waals surface area contributed by atoms with Crippen molar-refractivity contribution < 1.29 is 4.74 Å². The maximum Gasteiger partial charge on any atom is 0.178 e. The lowest BCUT2D eigenvalue weighted by Gasteiger charge is -2.11. The maximum atomic E-state index is 6.02. The Hall–Kier alpha value is -4.72. The van der Waals surface area contributed by atoms with Crippen molar-refractivity contribution in [3.8, 4) is 39.5 Å². The second-order valence-corrected chi connectivity index (χ2v) is 8.24. The third-order valence-corrected chi connectivity index (χ3v) is 6.10. The van der Waals surface area contributed by atoms with Crippen molar-refractivity contribution in [1.29, 1.82) is 0 Å². The molecule has 1 aliphatic rings. The van der Waals surface area contributed by atoms with Gasteiger partial charge in [0.2, 0.25) is 0 Å². The average Bonchev–Trinajstić information content (AvgIpc) is 3.50. The van der Waals surface area contributed by atoms with Crippen LogP contribution in [0.2, 0.25) is 0 Å². The van der Waals surface area contributed by atoms with E-state index in [0.29, 0.717) is 24.6 Å². The van der Waals surface area contributed by atoms with E-state index in [2.05, 4.69) is 54.7 Å². The van der Waals surface area contributed by atoms with Gasteiger partial charge in [0.15, 0.2) is 11.5 Å². The van der Waals surface area contributed by atoms with Crippen LogP contribution in [0.4, 0.5) is 5.69 Å². The van der Waals surface area contributed by atoms with Crippen molar-refractivity contribution in [3.63, 3.8) is 0 Å². The van der Waals surface area contributed by atoms with Gasteiger partial charge < -0.3 is 15.0 Å². The van der Waals surface area contributed by atoms with Crippen molar-refractivity contribution in [2.45, 2.75) is 0 Å². The molecule has 0 radical (unpaired) electrons. The second kappa shape index (κ2) is 7.41. The van der Waals surface area contributed by atoms with Crippen LogP contribution < -0.4 is 10.1 Å². The summed E-state index contributed by atoms with van der Waals surface area (Å²) in [6.07, 6.45) is 5.47. The summed E-state index contributed by atoms with van der Waals surface area (Å²) in [5.41, 5.74) is 8.24. The zero-order valence-electron chi connectivity index (χ0n) is 18.0. The minimum Gasteiger partial charge on any atom is -0.492 e. The Bertz CT molecular complexity index is 1680. The number of ether oxygens (including phenoxy) is 1. The zero-order chi connectivity index (χ0) is 22.5. The maximum absolute atomic E-state index is 6.02. The highest BCUT2D eigenvalue weighted by atomic mass is 16.5. The molecule has 164 valence electrons. The topological polar surface area (TPSA) is 104 Å². The molecule has 0 unspecified atom stereocenters. The predicted octanol–water partition coefficient (Wildman–Crippen LogP) is 5.03. The lowest BCUT2D eigenvalue weighted by atomic mass is 10.0. The van der Waals surface area contributed by atoms with Crippen LogP contribution in [0.15, 0.2) is 73.2 Å². The number of H-pyrrole nitrogens is 2. The molecule has 8 bridgehead atoms. The molecule has 0 amide bonds. The molecule has 0 saturated heterocycles. The van der Waals surface area contributed by atoms with E-state index in [4.69, 9.17) is 9.72 Å². The van der Waals surface area contributed by atoms with Crippen LogP contribution in [-0.2, 0) is 0 Å². The van der Waals surface area contributed by atoms with Crippen LogP contribution in [0, 0.1) is 0 Å². The van der Waals surface area contributed by atoms with Gasteiger partial charge in [0.05, 0.1) is 16.7 Å². The summed E-state index contributed by atoms with van der Waals surface area (Å²) in [7, 11) is 0. The van der Waals surface area contributed by atoms with Crippen LogP contribution >= 0.6 is 0 Å². The van der Waals surface area contributed by atoms with Crippen molar-refractivity contribution in [2.75, 3.05) is 18.5 Å². The summed E-state index contributed by atoms with van der Waals surface area (Å²) >= 11 is 0. The largest absolute Gasteiger partial charge is 0.492 e. The van der Waals surface area contributed by atoms with Gasteiger partial charge in [-0.2, -0.15) is 5.10 Å². The summed E-state index contributed by atoms with van der Waals surface area (Å²) in [5, 5.41) is 12.1. The number of aromatic nitrogens is 6. The van der Waals surface area contributed by atoms with Crippen molar-refractivity contribution >= 4 is 27.8 Å².